The average molecular weight is 393 g/mol. The minimum Gasteiger partial charge on any atom is -0.368 e. The Labute approximate surface area is 151 Å². The summed E-state index contributed by atoms with van der Waals surface area (Å²) in [5.74, 6) is 0.251. The number of nitrogen functional groups attached to an aromatic ring is 1. The van der Waals surface area contributed by atoms with E-state index in [9.17, 15) is 13.2 Å². The van der Waals surface area contributed by atoms with Crippen LogP contribution in [0.15, 0.2) is 10.6 Å². The molecule has 142 valence electrons. The minimum absolute atomic E-state index is 0.0409. The molecule has 26 heavy (non-hydrogen) atoms. The van der Waals surface area contributed by atoms with Crippen LogP contribution in [0.3, 0.4) is 0 Å². The Morgan fingerprint density at radius 3 is 2.58 bits per heavy atom. The molecule has 0 atom stereocenters. The number of halogens is 4. The van der Waals surface area contributed by atoms with E-state index in [1.807, 2.05) is 4.90 Å². The van der Waals surface area contributed by atoms with Crippen LogP contribution in [0.25, 0.3) is 0 Å². The molecule has 3 heterocycles. The number of methoxy groups -OCH3 is 1. The number of hydrogen-bond donors (Lipinski definition) is 1. The first-order chi connectivity index (χ1) is 12.2. The first-order valence-electron chi connectivity index (χ1n) is 7.71. The summed E-state index contributed by atoms with van der Waals surface area (Å²) in [7, 11) is 1.46. The van der Waals surface area contributed by atoms with Gasteiger partial charge >= 0.3 is 6.18 Å². The van der Waals surface area contributed by atoms with Crippen LogP contribution in [0.1, 0.15) is 24.6 Å². The lowest BCUT2D eigenvalue weighted by atomic mass is 9.91. The predicted molar refractivity (Wildman–Crippen MR) is 85.6 cm³/mol. The number of aromatic nitrogens is 4. The Hall–Kier alpha value is -2.14. The van der Waals surface area contributed by atoms with Gasteiger partial charge in [0.2, 0.25) is 5.95 Å². The summed E-state index contributed by atoms with van der Waals surface area (Å²) in [4.78, 5) is 13.8. The van der Waals surface area contributed by atoms with Gasteiger partial charge in [-0.1, -0.05) is 16.8 Å². The first kappa shape index (κ1) is 18.6. The molecule has 0 radical (unpaired) electrons. The Kier molecular flexibility index (Phi) is 4.93. The van der Waals surface area contributed by atoms with Crippen LogP contribution in [-0.2, 0) is 16.8 Å². The second kappa shape index (κ2) is 6.88. The Morgan fingerprint density at radius 1 is 1.31 bits per heavy atom. The highest BCUT2D eigenvalue weighted by Gasteiger charge is 2.42. The number of ether oxygens (including phenoxy) is 1. The number of piperidine rings is 1. The van der Waals surface area contributed by atoms with E-state index < -0.39 is 24.0 Å². The largest absolute Gasteiger partial charge is 0.396 e. The highest BCUT2D eigenvalue weighted by Crippen LogP contribution is 2.37. The van der Waals surface area contributed by atoms with Crippen molar-refractivity contribution in [2.45, 2.75) is 31.0 Å². The molecule has 1 saturated heterocycles. The van der Waals surface area contributed by atoms with E-state index in [0.717, 1.165) is 0 Å². The molecule has 1 fully saturated rings. The molecule has 0 spiro atoms. The summed E-state index contributed by atoms with van der Waals surface area (Å²) in [6, 6.07) is 1.59. The minimum atomic E-state index is -4.41. The van der Waals surface area contributed by atoms with Crippen molar-refractivity contribution in [1.82, 2.24) is 20.1 Å². The van der Waals surface area contributed by atoms with E-state index in [1.54, 1.807) is 6.07 Å². The summed E-state index contributed by atoms with van der Waals surface area (Å²) in [5, 5.41) is 3.64. The molecule has 2 N–H and O–H groups in total. The number of alkyl halides is 3. The molecule has 1 aliphatic heterocycles. The molecule has 8 nitrogen and oxygen atoms in total. The third-order valence-corrected chi connectivity index (χ3v) is 4.39. The molecule has 1 aliphatic rings. The zero-order valence-electron chi connectivity index (χ0n) is 13.8. The number of rotatable bonds is 4. The van der Waals surface area contributed by atoms with Crippen molar-refractivity contribution in [1.29, 1.82) is 0 Å². The number of nitrogens with zero attached hydrogens (tertiary/aromatic N) is 5. The van der Waals surface area contributed by atoms with Crippen LogP contribution < -0.4 is 10.6 Å². The maximum atomic E-state index is 12.5. The van der Waals surface area contributed by atoms with Gasteiger partial charge in [-0.25, -0.2) is 4.98 Å². The van der Waals surface area contributed by atoms with Crippen molar-refractivity contribution in [3.8, 4) is 0 Å². The fourth-order valence-electron chi connectivity index (χ4n) is 2.88. The maximum absolute atomic E-state index is 12.5. The molecule has 0 bridgehead atoms. The zero-order chi connectivity index (χ0) is 18.9. The Morgan fingerprint density at radius 2 is 2.00 bits per heavy atom. The molecule has 0 saturated carbocycles. The molecule has 0 unspecified atom stereocenters. The lowest BCUT2D eigenvalue weighted by Gasteiger charge is -2.38. The molecular weight excluding hydrogens is 377 g/mol. The van der Waals surface area contributed by atoms with Crippen LogP contribution in [0, 0.1) is 0 Å². The highest BCUT2D eigenvalue weighted by atomic mass is 35.5. The number of hydrogen-bond acceptors (Lipinski definition) is 8. The average Bonchev–Trinajstić information content (AvgIpc) is 3.01. The highest BCUT2D eigenvalue weighted by molar-refractivity contribution is 6.29. The van der Waals surface area contributed by atoms with E-state index >= 15 is 0 Å². The topological polar surface area (TPSA) is 103 Å². The molecular formula is C14H16ClF3N6O2. The summed E-state index contributed by atoms with van der Waals surface area (Å²) < 4.78 is 48.0. The third kappa shape index (κ3) is 3.98. The van der Waals surface area contributed by atoms with Gasteiger partial charge in [0, 0.05) is 39.1 Å². The van der Waals surface area contributed by atoms with E-state index in [1.165, 1.54) is 7.11 Å². The van der Waals surface area contributed by atoms with Gasteiger partial charge in [-0.2, -0.15) is 23.1 Å². The zero-order valence-corrected chi connectivity index (χ0v) is 14.5. The van der Waals surface area contributed by atoms with Crippen molar-refractivity contribution in [3.05, 3.63) is 22.9 Å². The van der Waals surface area contributed by atoms with Gasteiger partial charge in [0.15, 0.2) is 5.82 Å². The van der Waals surface area contributed by atoms with Crippen molar-refractivity contribution >= 4 is 23.4 Å². The summed E-state index contributed by atoms with van der Waals surface area (Å²) in [5.41, 5.74) is 4.66. The smallest absolute Gasteiger partial charge is 0.368 e. The molecule has 0 aliphatic carbocycles. The molecule has 3 rings (SSSR count). The van der Waals surface area contributed by atoms with Crippen LogP contribution in [0.4, 0.5) is 24.9 Å². The van der Waals surface area contributed by atoms with Crippen molar-refractivity contribution < 1.29 is 22.4 Å². The first-order valence-corrected chi connectivity index (χ1v) is 8.08. The Bertz CT molecular complexity index is 756. The van der Waals surface area contributed by atoms with Crippen molar-refractivity contribution in [3.63, 3.8) is 0 Å². The predicted octanol–water partition coefficient (Wildman–Crippen LogP) is 2.34. The van der Waals surface area contributed by atoms with Gasteiger partial charge in [-0.3, -0.25) is 0 Å². The number of anilines is 2. The molecule has 2 aromatic heterocycles. The van der Waals surface area contributed by atoms with E-state index in [0.29, 0.717) is 31.7 Å². The second-order valence-electron chi connectivity index (χ2n) is 5.90. The van der Waals surface area contributed by atoms with Gasteiger partial charge in [0.25, 0.3) is 5.89 Å². The standard InChI is InChI=1S/C14H16ClF3N6O2/c1-25-13(11-21-9(23-26-11)7-14(16,17)18)2-4-24(5-3-13)10-6-8(15)20-12(19)22-10/h6H,2-5,7H2,1H3,(H2,19,20,22). The van der Waals surface area contributed by atoms with E-state index in [-0.39, 0.29) is 17.0 Å². The quantitative estimate of drug-likeness (QED) is 0.791. The normalized spacial score (nSPS) is 17.5. The van der Waals surface area contributed by atoms with Gasteiger partial charge in [-0.15, -0.1) is 0 Å². The van der Waals surface area contributed by atoms with Crippen LogP contribution in [0.2, 0.25) is 5.15 Å². The summed E-state index contributed by atoms with van der Waals surface area (Å²) in [6.45, 7) is 0.967. The molecule has 2 aromatic rings. The van der Waals surface area contributed by atoms with Crippen molar-refractivity contribution in [2.24, 2.45) is 0 Å². The monoisotopic (exact) mass is 392 g/mol. The fraction of sp³-hybridized carbons (Fsp3) is 0.571. The Balaban J connectivity index is 1.75. The second-order valence-corrected chi connectivity index (χ2v) is 6.29. The van der Waals surface area contributed by atoms with Gasteiger partial charge < -0.3 is 19.9 Å². The summed E-state index contributed by atoms with van der Waals surface area (Å²) in [6.07, 6.45) is -4.82. The van der Waals surface area contributed by atoms with Gasteiger partial charge in [0.05, 0.1) is 0 Å². The SMILES string of the molecule is COC1(c2nc(CC(F)(F)F)no2)CCN(c2cc(Cl)nc(N)n2)CC1. The van der Waals surface area contributed by atoms with Gasteiger partial charge in [-0.05, 0) is 0 Å². The van der Waals surface area contributed by atoms with Crippen LogP contribution in [0.5, 0.6) is 0 Å². The van der Waals surface area contributed by atoms with Gasteiger partial charge in [0.1, 0.15) is 23.0 Å². The lowest BCUT2D eigenvalue weighted by Crippen LogP contribution is -2.44. The van der Waals surface area contributed by atoms with Crippen molar-refractivity contribution in [2.75, 3.05) is 30.8 Å². The van der Waals surface area contributed by atoms with E-state index in [2.05, 4.69) is 20.1 Å². The fourth-order valence-corrected chi connectivity index (χ4v) is 3.06. The van der Waals surface area contributed by atoms with E-state index in [4.69, 9.17) is 26.6 Å². The molecule has 12 heteroatoms. The van der Waals surface area contributed by atoms with Crippen LogP contribution >= 0.6 is 11.6 Å². The van der Waals surface area contributed by atoms with Crippen LogP contribution in [-0.4, -0.2) is 46.5 Å². The molecule has 0 amide bonds. The summed E-state index contributed by atoms with van der Waals surface area (Å²) >= 11 is 5.90. The lowest BCUT2D eigenvalue weighted by molar-refractivity contribution is -0.128. The third-order valence-electron chi connectivity index (χ3n) is 4.20. The number of nitrogens with two attached hydrogens (primary N) is 1. The maximum Gasteiger partial charge on any atom is 0.396 e. The molecule has 0 aromatic carbocycles.